The summed E-state index contributed by atoms with van der Waals surface area (Å²) in [5.41, 5.74) is -7.57. The Labute approximate surface area is 357 Å². The highest BCUT2D eigenvalue weighted by Gasteiger charge is 2.78. The van der Waals surface area contributed by atoms with Crippen LogP contribution in [0.2, 0.25) is 0 Å². The Morgan fingerprint density at radius 2 is 1.42 bits per heavy atom. The number of carbonyl (C=O) groups is 6. The van der Waals surface area contributed by atoms with Gasteiger partial charge in [0, 0.05) is 37.7 Å². The van der Waals surface area contributed by atoms with Gasteiger partial charge in [0.05, 0.1) is 29.5 Å². The number of fused-ring (bicyclic) bond motifs is 5. The molecular weight excluding hydrogens is 806 g/mol. The molecule has 7 rings (SSSR count). The van der Waals surface area contributed by atoms with Crippen molar-refractivity contribution in [2.75, 3.05) is 6.61 Å². The number of aliphatic hydroxyl groups is 2. The molecule has 1 amide bonds. The van der Waals surface area contributed by atoms with Crippen LogP contribution < -0.4 is 5.32 Å². The Morgan fingerprint density at radius 1 is 0.839 bits per heavy atom. The van der Waals surface area contributed by atoms with Crippen LogP contribution in [-0.4, -0.2) is 100 Å². The molecule has 3 aromatic carbocycles. The van der Waals surface area contributed by atoms with Crippen molar-refractivity contribution in [1.82, 2.24) is 5.32 Å². The molecule has 2 bridgehead atoms. The molecule has 4 aliphatic rings. The standard InChI is InChI=1S/C47H50FNO13/c1-25-31(60-43(56)36(52)35(28-16-10-7-11-17-28)49-41(54)29-18-12-8-13-19-29)23-47(57)40(61-42(55)30-20-14-9-15-21-30)38-45(6,32(48)22-33-46(38,24-58-33)62-27(3)51)39(53)37(59-26(2)50)34(25)44(47,4)5/h7-21,31-33,35-38,40,52,57H,22-24H2,1-6H3,(H,49,54)/t31-,32-,33?,35-,36+,37+,38?,40-,45+,46-,47+/m0/s1. The SMILES string of the molecule is CC(=O)O[C@H]1C(=O)[C@@]2(C)C([C@H](OC(=O)c3ccccc3)[C@]3(O)C[C@H](OC(=O)[C@H](O)[C@@H](NC(=O)c4ccccc4)c4ccccc4)C(C)=C1C3(C)C)[C@]1(OC(C)=O)COC1C[C@@H]2F. The number of nitrogens with one attached hydrogen (secondary N) is 1. The number of ketones is 1. The summed E-state index contributed by atoms with van der Waals surface area (Å²) in [6.07, 6.45) is -11.6. The molecule has 1 heterocycles. The smallest absolute Gasteiger partial charge is 0.338 e. The first-order valence-electron chi connectivity index (χ1n) is 20.4. The summed E-state index contributed by atoms with van der Waals surface area (Å²) in [5.74, 6) is -7.24. The average molecular weight is 856 g/mol. The van der Waals surface area contributed by atoms with Crippen molar-refractivity contribution in [3.8, 4) is 0 Å². The molecule has 14 nitrogen and oxygen atoms in total. The molecule has 62 heavy (non-hydrogen) atoms. The van der Waals surface area contributed by atoms with Gasteiger partial charge in [0.2, 0.25) is 0 Å². The van der Waals surface area contributed by atoms with Crippen LogP contribution >= 0.6 is 0 Å². The number of aliphatic hydroxyl groups excluding tert-OH is 1. The van der Waals surface area contributed by atoms with Crippen LogP contribution in [0.1, 0.15) is 86.7 Å². The minimum absolute atomic E-state index is 0.0377. The monoisotopic (exact) mass is 855 g/mol. The molecule has 1 aliphatic heterocycles. The van der Waals surface area contributed by atoms with Gasteiger partial charge in [-0.1, -0.05) is 80.6 Å². The van der Waals surface area contributed by atoms with Gasteiger partial charge in [0.25, 0.3) is 5.91 Å². The molecule has 3 fully saturated rings. The molecule has 2 saturated carbocycles. The molecule has 0 radical (unpaired) electrons. The second kappa shape index (κ2) is 16.5. The van der Waals surface area contributed by atoms with E-state index in [2.05, 4.69) is 5.32 Å². The Morgan fingerprint density at radius 3 is 1.97 bits per heavy atom. The van der Waals surface area contributed by atoms with Crippen LogP contribution in [0.5, 0.6) is 0 Å². The van der Waals surface area contributed by atoms with Crippen molar-refractivity contribution in [2.45, 2.75) is 108 Å². The molecule has 3 aromatic rings. The predicted octanol–water partition coefficient (Wildman–Crippen LogP) is 4.71. The van der Waals surface area contributed by atoms with Gasteiger partial charge in [-0.2, -0.15) is 0 Å². The number of hydrogen-bond donors (Lipinski definition) is 3. The van der Waals surface area contributed by atoms with E-state index in [0.717, 1.165) is 13.8 Å². The van der Waals surface area contributed by atoms with Crippen molar-refractivity contribution in [3.05, 3.63) is 119 Å². The van der Waals surface area contributed by atoms with Crippen LogP contribution in [0.3, 0.4) is 0 Å². The number of rotatable bonds is 10. The molecule has 1 saturated heterocycles. The van der Waals surface area contributed by atoms with Gasteiger partial charge >= 0.3 is 23.9 Å². The van der Waals surface area contributed by atoms with Gasteiger partial charge in [-0.3, -0.25) is 19.2 Å². The molecule has 0 aromatic heterocycles. The number of amides is 1. The number of benzene rings is 3. The summed E-state index contributed by atoms with van der Waals surface area (Å²) in [5, 5.41) is 28.1. The van der Waals surface area contributed by atoms with E-state index < -0.39 is 119 Å². The fourth-order valence-electron chi connectivity index (χ4n) is 10.1. The molecular formula is C47H50FNO13. The molecule has 3 aliphatic carbocycles. The molecule has 0 spiro atoms. The van der Waals surface area contributed by atoms with Crippen molar-refractivity contribution < 1.29 is 67.1 Å². The Kier molecular flexibility index (Phi) is 11.8. The topological polar surface area (TPSA) is 201 Å². The lowest BCUT2D eigenvalue weighted by molar-refractivity contribution is -0.341. The van der Waals surface area contributed by atoms with Crippen LogP contribution in [-0.2, 0) is 42.9 Å². The molecule has 11 atom stereocenters. The Hall–Kier alpha value is -5.77. The second-order valence-corrected chi connectivity index (χ2v) is 17.3. The largest absolute Gasteiger partial charge is 0.456 e. The molecule has 328 valence electrons. The lowest BCUT2D eigenvalue weighted by atomic mass is 9.45. The quantitative estimate of drug-likeness (QED) is 0.144. The summed E-state index contributed by atoms with van der Waals surface area (Å²) < 4.78 is 47.2. The lowest BCUT2D eigenvalue weighted by Gasteiger charge is -2.67. The number of carbonyl (C=O) groups excluding carboxylic acids is 6. The zero-order chi connectivity index (χ0) is 44.9. The van der Waals surface area contributed by atoms with E-state index in [9.17, 15) is 34.2 Å². The third-order valence-corrected chi connectivity index (χ3v) is 13.4. The van der Waals surface area contributed by atoms with Crippen molar-refractivity contribution in [3.63, 3.8) is 0 Å². The summed E-state index contributed by atoms with van der Waals surface area (Å²) in [7, 11) is 0. The van der Waals surface area contributed by atoms with E-state index in [0.29, 0.717) is 5.56 Å². The van der Waals surface area contributed by atoms with Crippen LogP contribution in [0.15, 0.2) is 102 Å². The summed E-state index contributed by atoms with van der Waals surface area (Å²) >= 11 is 0. The highest BCUT2D eigenvalue weighted by Crippen LogP contribution is 2.65. The van der Waals surface area contributed by atoms with Crippen LogP contribution in [0.25, 0.3) is 0 Å². The van der Waals surface area contributed by atoms with Gasteiger partial charge in [0.15, 0.2) is 23.6 Å². The van der Waals surface area contributed by atoms with E-state index in [1.807, 2.05) is 0 Å². The van der Waals surface area contributed by atoms with Gasteiger partial charge in [-0.05, 0) is 54.8 Å². The number of hydrogen-bond acceptors (Lipinski definition) is 13. The average Bonchev–Trinajstić information content (AvgIpc) is 3.24. The van der Waals surface area contributed by atoms with Gasteiger partial charge < -0.3 is 39.2 Å². The van der Waals surface area contributed by atoms with Gasteiger partial charge in [-0.15, -0.1) is 0 Å². The minimum atomic E-state index is -2.45. The maximum atomic E-state index is 17.2. The van der Waals surface area contributed by atoms with Crippen molar-refractivity contribution in [1.29, 1.82) is 0 Å². The zero-order valence-electron chi connectivity index (χ0n) is 35.2. The number of alkyl halides is 1. The van der Waals surface area contributed by atoms with E-state index in [1.165, 1.54) is 39.8 Å². The van der Waals surface area contributed by atoms with E-state index in [4.69, 9.17) is 23.7 Å². The Bertz CT molecular complexity index is 2290. The molecule has 2 unspecified atom stereocenters. The predicted molar refractivity (Wildman–Crippen MR) is 217 cm³/mol. The van der Waals surface area contributed by atoms with Crippen LogP contribution in [0, 0.1) is 16.7 Å². The summed E-state index contributed by atoms with van der Waals surface area (Å²) in [6.45, 7) is 7.64. The van der Waals surface area contributed by atoms with Gasteiger partial charge in [-0.25, -0.2) is 14.0 Å². The number of esters is 4. The summed E-state index contributed by atoms with van der Waals surface area (Å²) in [4.78, 5) is 83.3. The van der Waals surface area contributed by atoms with Crippen LogP contribution in [0.4, 0.5) is 4.39 Å². The van der Waals surface area contributed by atoms with E-state index in [-0.39, 0.29) is 28.9 Å². The summed E-state index contributed by atoms with van der Waals surface area (Å²) in [6, 6.07) is 22.7. The highest BCUT2D eigenvalue weighted by molar-refractivity contribution is 5.96. The molecule has 15 heteroatoms. The second-order valence-electron chi connectivity index (χ2n) is 17.3. The minimum Gasteiger partial charge on any atom is -0.456 e. The normalized spacial score (nSPS) is 31.9. The maximum absolute atomic E-state index is 17.2. The molecule has 3 N–H and O–H groups in total. The van der Waals surface area contributed by atoms with Gasteiger partial charge in [0.1, 0.15) is 30.1 Å². The lowest BCUT2D eigenvalue weighted by Crippen LogP contribution is -2.81. The highest BCUT2D eigenvalue weighted by atomic mass is 19.1. The van der Waals surface area contributed by atoms with E-state index in [1.54, 1.807) is 78.9 Å². The third kappa shape index (κ3) is 7.29. The third-order valence-electron chi connectivity index (χ3n) is 13.4. The van der Waals surface area contributed by atoms with E-state index >= 15 is 9.18 Å². The zero-order valence-corrected chi connectivity index (χ0v) is 35.2. The van der Waals surface area contributed by atoms with Crippen molar-refractivity contribution >= 4 is 35.6 Å². The Balaban J connectivity index is 1.39. The fraction of sp³-hybridized carbons (Fsp3) is 0.447. The number of halogens is 1. The maximum Gasteiger partial charge on any atom is 0.338 e. The van der Waals surface area contributed by atoms with Crippen molar-refractivity contribution in [2.24, 2.45) is 16.7 Å². The number of Topliss-reactive ketones (excluding diaryl/α,β-unsaturated/α-hetero) is 1. The fourth-order valence-corrected chi connectivity index (χ4v) is 10.1. The first-order valence-corrected chi connectivity index (χ1v) is 20.4. The number of ether oxygens (including phenoxy) is 5. The first-order chi connectivity index (χ1) is 29.3. The first kappa shape index (κ1) is 44.3.